The summed E-state index contributed by atoms with van der Waals surface area (Å²) >= 11 is 0. The van der Waals surface area contributed by atoms with Gasteiger partial charge in [-0.2, -0.15) is 0 Å². The van der Waals surface area contributed by atoms with Crippen LogP contribution in [0.4, 0.5) is 0 Å². The molecule has 0 bridgehead atoms. The number of benzene rings is 1. The monoisotopic (exact) mass is 277 g/mol. The predicted octanol–water partition coefficient (Wildman–Crippen LogP) is 2.40. The molecule has 1 N–H and O–H groups in total. The lowest BCUT2D eigenvalue weighted by atomic mass is 10.00. The Morgan fingerprint density at radius 1 is 1.40 bits per heavy atom. The van der Waals surface area contributed by atoms with Crippen LogP contribution in [0.3, 0.4) is 0 Å². The molecule has 20 heavy (non-hydrogen) atoms. The van der Waals surface area contributed by atoms with Crippen LogP contribution >= 0.6 is 0 Å². The van der Waals surface area contributed by atoms with Gasteiger partial charge in [0.15, 0.2) is 0 Å². The van der Waals surface area contributed by atoms with Crippen molar-refractivity contribution in [3.8, 4) is 0 Å². The third-order valence-electron chi connectivity index (χ3n) is 3.79. The summed E-state index contributed by atoms with van der Waals surface area (Å²) in [6.07, 6.45) is 2.50. The number of aliphatic hydroxyl groups is 1. The number of hydrogen-bond donors (Lipinski definition) is 1. The second-order valence-corrected chi connectivity index (χ2v) is 5.37. The summed E-state index contributed by atoms with van der Waals surface area (Å²) in [4.78, 5) is 13.6. The molecule has 0 aliphatic carbocycles. The average Bonchev–Trinajstić information content (AvgIpc) is 2.88. The van der Waals surface area contributed by atoms with Gasteiger partial charge in [0, 0.05) is 20.2 Å². The second-order valence-electron chi connectivity index (χ2n) is 5.37. The third-order valence-corrected chi connectivity index (χ3v) is 3.79. The van der Waals surface area contributed by atoms with Gasteiger partial charge >= 0.3 is 0 Å². The van der Waals surface area contributed by atoms with Crippen LogP contribution < -0.4 is 0 Å². The quantitative estimate of drug-likeness (QED) is 0.868. The van der Waals surface area contributed by atoms with Crippen molar-refractivity contribution in [1.29, 1.82) is 0 Å². The fourth-order valence-corrected chi connectivity index (χ4v) is 2.58. The van der Waals surface area contributed by atoms with Gasteiger partial charge in [-0.05, 0) is 23.1 Å². The molecule has 0 saturated heterocycles. The van der Waals surface area contributed by atoms with E-state index in [1.54, 1.807) is 4.90 Å². The maximum Gasteiger partial charge on any atom is 0.249 e. The SMILES string of the molecule is CCCCC(O)c1ccc2c(c1)CN(C(=O)COC)C2. The zero-order valence-corrected chi connectivity index (χ0v) is 12.3. The minimum absolute atomic E-state index is 0.0109. The van der Waals surface area contributed by atoms with Crippen LogP contribution in [0.25, 0.3) is 0 Å². The van der Waals surface area contributed by atoms with E-state index in [-0.39, 0.29) is 12.5 Å². The van der Waals surface area contributed by atoms with Gasteiger partial charge in [-0.1, -0.05) is 38.0 Å². The molecule has 4 nitrogen and oxygen atoms in total. The Hall–Kier alpha value is -1.39. The molecule has 0 fully saturated rings. The molecule has 1 heterocycles. The van der Waals surface area contributed by atoms with E-state index < -0.39 is 6.10 Å². The Kier molecular flexibility index (Phi) is 5.15. The number of rotatable bonds is 6. The van der Waals surface area contributed by atoms with Gasteiger partial charge in [0.05, 0.1) is 6.10 Å². The van der Waals surface area contributed by atoms with Gasteiger partial charge in [-0.3, -0.25) is 4.79 Å². The van der Waals surface area contributed by atoms with Crippen LogP contribution in [0.15, 0.2) is 18.2 Å². The molecule has 1 unspecified atom stereocenters. The number of hydrogen-bond acceptors (Lipinski definition) is 3. The number of fused-ring (bicyclic) bond motifs is 1. The number of carbonyl (C=O) groups excluding carboxylic acids is 1. The topological polar surface area (TPSA) is 49.8 Å². The van der Waals surface area contributed by atoms with Crippen molar-refractivity contribution in [2.45, 2.75) is 45.4 Å². The first-order chi connectivity index (χ1) is 9.65. The summed E-state index contributed by atoms with van der Waals surface area (Å²) in [5.74, 6) is 0.0109. The zero-order valence-electron chi connectivity index (χ0n) is 12.3. The number of amides is 1. The first kappa shape index (κ1) is 15.0. The van der Waals surface area contributed by atoms with Gasteiger partial charge in [0.25, 0.3) is 0 Å². The van der Waals surface area contributed by atoms with Crippen LogP contribution in [0.2, 0.25) is 0 Å². The fraction of sp³-hybridized carbons (Fsp3) is 0.562. The molecule has 1 aliphatic heterocycles. The van der Waals surface area contributed by atoms with Crippen LogP contribution in [-0.4, -0.2) is 29.6 Å². The molecule has 0 aromatic heterocycles. The van der Waals surface area contributed by atoms with E-state index in [0.29, 0.717) is 13.1 Å². The van der Waals surface area contributed by atoms with Crippen molar-refractivity contribution in [2.24, 2.45) is 0 Å². The van der Waals surface area contributed by atoms with E-state index in [2.05, 4.69) is 6.92 Å². The average molecular weight is 277 g/mol. The Labute approximate surface area is 120 Å². The number of carbonyl (C=O) groups is 1. The van der Waals surface area contributed by atoms with Crippen molar-refractivity contribution in [3.05, 3.63) is 34.9 Å². The van der Waals surface area contributed by atoms with E-state index in [9.17, 15) is 9.90 Å². The van der Waals surface area contributed by atoms with Crippen LogP contribution in [0.5, 0.6) is 0 Å². The van der Waals surface area contributed by atoms with Gasteiger partial charge < -0.3 is 14.7 Å². The standard InChI is InChI=1S/C16H23NO3/c1-3-4-5-15(18)12-6-7-13-9-17(10-14(13)8-12)16(19)11-20-2/h6-8,15,18H,3-5,9-11H2,1-2H3. The highest BCUT2D eigenvalue weighted by atomic mass is 16.5. The Bertz CT molecular complexity index is 473. The molecule has 2 rings (SSSR count). The summed E-state index contributed by atoms with van der Waals surface area (Å²) < 4.78 is 4.89. The first-order valence-electron chi connectivity index (χ1n) is 7.22. The summed E-state index contributed by atoms with van der Waals surface area (Å²) in [5, 5.41) is 10.1. The molecule has 1 aliphatic rings. The van der Waals surface area contributed by atoms with Crippen LogP contribution in [0, 0.1) is 0 Å². The number of aliphatic hydroxyl groups excluding tert-OH is 1. The minimum Gasteiger partial charge on any atom is -0.388 e. The molecule has 0 spiro atoms. The molecule has 0 radical (unpaired) electrons. The van der Waals surface area contributed by atoms with Gasteiger partial charge in [0.1, 0.15) is 6.61 Å². The lowest BCUT2D eigenvalue weighted by molar-refractivity contribution is -0.135. The molecule has 110 valence electrons. The van der Waals surface area contributed by atoms with E-state index >= 15 is 0 Å². The van der Waals surface area contributed by atoms with Crippen molar-refractivity contribution in [3.63, 3.8) is 0 Å². The van der Waals surface area contributed by atoms with Gasteiger partial charge in [-0.25, -0.2) is 0 Å². The Morgan fingerprint density at radius 2 is 2.15 bits per heavy atom. The number of unbranched alkanes of at least 4 members (excludes halogenated alkanes) is 1. The summed E-state index contributed by atoms with van der Waals surface area (Å²) in [5.41, 5.74) is 3.27. The summed E-state index contributed by atoms with van der Waals surface area (Å²) in [7, 11) is 1.53. The lowest BCUT2D eigenvalue weighted by Crippen LogP contribution is -2.28. The minimum atomic E-state index is -0.399. The molecule has 1 aromatic rings. The molecule has 1 atom stereocenters. The number of nitrogens with zero attached hydrogens (tertiary/aromatic N) is 1. The van der Waals surface area contributed by atoms with E-state index in [1.165, 1.54) is 12.7 Å². The highest BCUT2D eigenvalue weighted by molar-refractivity contribution is 5.78. The molecular formula is C16H23NO3. The summed E-state index contributed by atoms with van der Waals surface area (Å²) in [6, 6.07) is 6.04. The van der Waals surface area contributed by atoms with Crippen molar-refractivity contribution in [2.75, 3.05) is 13.7 Å². The zero-order chi connectivity index (χ0) is 14.5. The molecule has 1 aromatic carbocycles. The lowest BCUT2D eigenvalue weighted by Gasteiger charge is -2.14. The molecular weight excluding hydrogens is 254 g/mol. The van der Waals surface area contributed by atoms with E-state index in [1.807, 2.05) is 18.2 Å². The van der Waals surface area contributed by atoms with Crippen molar-refractivity contribution in [1.82, 2.24) is 4.90 Å². The van der Waals surface area contributed by atoms with E-state index in [4.69, 9.17) is 4.74 Å². The smallest absolute Gasteiger partial charge is 0.249 e. The number of ether oxygens (including phenoxy) is 1. The van der Waals surface area contributed by atoms with Crippen LogP contribution in [0.1, 0.15) is 49.0 Å². The van der Waals surface area contributed by atoms with Crippen LogP contribution in [-0.2, 0) is 22.6 Å². The highest BCUT2D eigenvalue weighted by Gasteiger charge is 2.23. The molecule has 0 saturated carbocycles. The maximum absolute atomic E-state index is 11.8. The van der Waals surface area contributed by atoms with Gasteiger partial charge in [0.2, 0.25) is 5.91 Å². The highest BCUT2D eigenvalue weighted by Crippen LogP contribution is 2.27. The first-order valence-corrected chi connectivity index (χ1v) is 7.22. The summed E-state index contributed by atoms with van der Waals surface area (Å²) in [6.45, 7) is 3.50. The van der Waals surface area contributed by atoms with Crippen molar-refractivity contribution >= 4 is 5.91 Å². The Morgan fingerprint density at radius 3 is 2.85 bits per heavy atom. The maximum atomic E-state index is 11.8. The molecule has 1 amide bonds. The van der Waals surface area contributed by atoms with Gasteiger partial charge in [-0.15, -0.1) is 0 Å². The predicted molar refractivity (Wildman–Crippen MR) is 77.1 cm³/mol. The second kappa shape index (κ2) is 6.86. The largest absolute Gasteiger partial charge is 0.388 e. The Balaban J connectivity index is 2.04. The third kappa shape index (κ3) is 3.38. The van der Waals surface area contributed by atoms with E-state index in [0.717, 1.165) is 30.4 Å². The fourth-order valence-electron chi connectivity index (χ4n) is 2.58. The van der Waals surface area contributed by atoms with Crippen molar-refractivity contribution < 1.29 is 14.6 Å². The normalized spacial score (nSPS) is 15.2. The molecule has 4 heteroatoms. The number of methoxy groups -OCH3 is 1.